The van der Waals surface area contributed by atoms with Crippen LogP contribution in [0.2, 0.25) is 0 Å². The van der Waals surface area contributed by atoms with Crippen molar-refractivity contribution in [2.75, 3.05) is 19.0 Å². The van der Waals surface area contributed by atoms with Crippen LogP contribution in [0.5, 0.6) is 0 Å². The quantitative estimate of drug-likeness (QED) is 0.581. The Morgan fingerprint density at radius 3 is 2.58 bits per heavy atom. The first-order chi connectivity index (χ1) is 5.77. The van der Waals surface area contributed by atoms with Gasteiger partial charge in [-0.1, -0.05) is 13.8 Å². The summed E-state index contributed by atoms with van der Waals surface area (Å²) in [6, 6.07) is 0.899. The lowest BCUT2D eigenvalue weighted by Gasteiger charge is -2.23. The van der Waals surface area contributed by atoms with Crippen molar-refractivity contribution >= 4 is 11.6 Å². The fourth-order valence-electron chi connectivity index (χ4n) is 1.60. The molecular weight excluding hydrogens is 170 g/mol. The highest BCUT2D eigenvalue weighted by molar-refractivity contribution is 6.18. The zero-order valence-corrected chi connectivity index (χ0v) is 8.98. The second kappa shape index (κ2) is 5.08. The van der Waals surface area contributed by atoms with Crippen LogP contribution in [0.1, 0.15) is 33.1 Å². The summed E-state index contributed by atoms with van der Waals surface area (Å²) in [4.78, 5) is 2.60. The number of alkyl halides is 1. The molecule has 0 aliphatic heterocycles. The van der Waals surface area contributed by atoms with Crippen LogP contribution in [0.4, 0.5) is 0 Å². The summed E-state index contributed by atoms with van der Waals surface area (Å²) >= 11 is 5.79. The number of hydrogen-bond donors (Lipinski definition) is 0. The van der Waals surface area contributed by atoms with E-state index in [2.05, 4.69) is 18.7 Å². The maximum atomic E-state index is 5.79. The van der Waals surface area contributed by atoms with Gasteiger partial charge in [0.2, 0.25) is 0 Å². The molecule has 0 aromatic carbocycles. The molecule has 0 amide bonds. The largest absolute Gasteiger partial charge is 0.300 e. The van der Waals surface area contributed by atoms with Crippen LogP contribution >= 0.6 is 11.6 Å². The van der Waals surface area contributed by atoms with Crippen molar-refractivity contribution in [2.24, 2.45) is 5.92 Å². The van der Waals surface area contributed by atoms with E-state index in [9.17, 15) is 0 Å². The van der Waals surface area contributed by atoms with E-state index in [1.165, 1.54) is 32.4 Å². The van der Waals surface area contributed by atoms with Crippen molar-refractivity contribution in [2.45, 2.75) is 39.2 Å². The first-order valence-electron chi connectivity index (χ1n) is 5.08. The van der Waals surface area contributed by atoms with Crippen molar-refractivity contribution in [3.8, 4) is 0 Å². The van der Waals surface area contributed by atoms with Gasteiger partial charge in [0, 0.05) is 18.5 Å². The van der Waals surface area contributed by atoms with Crippen LogP contribution in [-0.2, 0) is 0 Å². The molecule has 0 N–H and O–H groups in total. The molecule has 1 nitrogen and oxygen atoms in total. The summed E-state index contributed by atoms with van der Waals surface area (Å²) in [6.45, 7) is 6.94. The zero-order valence-electron chi connectivity index (χ0n) is 8.22. The monoisotopic (exact) mass is 189 g/mol. The standard InChI is InChI=1S/C10H20ClN/c1-3-6-12(10-4-5-10)8-9(2)7-11/h9-10H,3-8H2,1-2H3. The van der Waals surface area contributed by atoms with Gasteiger partial charge in [-0.25, -0.2) is 0 Å². The predicted molar refractivity (Wildman–Crippen MR) is 54.8 cm³/mol. The summed E-state index contributed by atoms with van der Waals surface area (Å²) in [6.07, 6.45) is 4.09. The van der Waals surface area contributed by atoms with Crippen molar-refractivity contribution in [3.63, 3.8) is 0 Å². The Bertz CT molecular complexity index is 123. The number of rotatable bonds is 6. The van der Waals surface area contributed by atoms with Gasteiger partial charge in [0.25, 0.3) is 0 Å². The van der Waals surface area contributed by atoms with E-state index in [0.29, 0.717) is 5.92 Å². The van der Waals surface area contributed by atoms with Gasteiger partial charge in [-0.05, 0) is 31.7 Å². The Morgan fingerprint density at radius 2 is 2.17 bits per heavy atom. The first-order valence-corrected chi connectivity index (χ1v) is 5.61. The Kier molecular flexibility index (Phi) is 4.38. The SMILES string of the molecule is CCCN(CC(C)CCl)C1CC1. The predicted octanol–water partition coefficient (Wildman–Crippen LogP) is 2.74. The average Bonchev–Trinajstić information content (AvgIpc) is 2.86. The molecule has 0 saturated heterocycles. The molecule has 1 atom stereocenters. The van der Waals surface area contributed by atoms with Gasteiger partial charge in [-0.15, -0.1) is 11.6 Å². The van der Waals surface area contributed by atoms with Crippen LogP contribution in [0.25, 0.3) is 0 Å². The summed E-state index contributed by atoms with van der Waals surface area (Å²) in [5.74, 6) is 1.45. The van der Waals surface area contributed by atoms with E-state index in [4.69, 9.17) is 11.6 Å². The topological polar surface area (TPSA) is 3.24 Å². The summed E-state index contributed by atoms with van der Waals surface area (Å²) in [7, 11) is 0. The van der Waals surface area contributed by atoms with Gasteiger partial charge >= 0.3 is 0 Å². The van der Waals surface area contributed by atoms with Crippen LogP contribution < -0.4 is 0 Å². The van der Waals surface area contributed by atoms with Crippen LogP contribution in [0.15, 0.2) is 0 Å². The molecule has 72 valence electrons. The smallest absolute Gasteiger partial charge is 0.0261 e. The molecular formula is C10H20ClN. The first kappa shape index (κ1) is 10.3. The lowest BCUT2D eigenvalue weighted by molar-refractivity contribution is 0.236. The normalized spacial score (nSPS) is 20.0. The Morgan fingerprint density at radius 1 is 1.50 bits per heavy atom. The molecule has 1 fully saturated rings. The second-order valence-electron chi connectivity index (χ2n) is 3.99. The van der Waals surface area contributed by atoms with Gasteiger partial charge in [0.1, 0.15) is 0 Å². The summed E-state index contributed by atoms with van der Waals surface area (Å²) in [5.41, 5.74) is 0. The maximum Gasteiger partial charge on any atom is 0.0261 e. The minimum absolute atomic E-state index is 0.652. The van der Waals surface area contributed by atoms with Crippen LogP contribution in [0, 0.1) is 5.92 Å². The molecule has 2 heteroatoms. The molecule has 0 heterocycles. The summed E-state index contributed by atoms with van der Waals surface area (Å²) < 4.78 is 0. The molecule has 1 rings (SSSR count). The number of nitrogens with zero attached hydrogens (tertiary/aromatic N) is 1. The van der Waals surface area contributed by atoms with E-state index in [-0.39, 0.29) is 0 Å². The van der Waals surface area contributed by atoms with E-state index >= 15 is 0 Å². The van der Waals surface area contributed by atoms with Gasteiger partial charge < -0.3 is 4.90 Å². The molecule has 12 heavy (non-hydrogen) atoms. The third kappa shape index (κ3) is 3.32. The molecule has 0 aromatic rings. The minimum Gasteiger partial charge on any atom is -0.300 e. The third-order valence-electron chi connectivity index (χ3n) is 2.38. The maximum absolute atomic E-state index is 5.79. The average molecular weight is 190 g/mol. The van der Waals surface area contributed by atoms with E-state index in [1.807, 2.05) is 0 Å². The minimum atomic E-state index is 0.652. The van der Waals surface area contributed by atoms with Crippen molar-refractivity contribution in [3.05, 3.63) is 0 Å². The third-order valence-corrected chi connectivity index (χ3v) is 2.91. The molecule has 1 aliphatic rings. The molecule has 0 bridgehead atoms. The van der Waals surface area contributed by atoms with Gasteiger partial charge in [-0.3, -0.25) is 0 Å². The zero-order chi connectivity index (χ0) is 8.97. The second-order valence-corrected chi connectivity index (χ2v) is 4.29. The molecule has 1 unspecified atom stereocenters. The molecule has 0 radical (unpaired) electrons. The van der Waals surface area contributed by atoms with Gasteiger partial charge in [0.05, 0.1) is 0 Å². The van der Waals surface area contributed by atoms with Crippen molar-refractivity contribution in [1.29, 1.82) is 0 Å². The Hall–Kier alpha value is 0.250. The Balaban J connectivity index is 2.22. The van der Waals surface area contributed by atoms with E-state index in [1.54, 1.807) is 0 Å². The highest BCUT2D eigenvalue weighted by Crippen LogP contribution is 2.27. The van der Waals surface area contributed by atoms with Crippen molar-refractivity contribution in [1.82, 2.24) is 4.90 Å². The molecule has 0 aromatic heterocycles. The lowest BCUT2D eigenvalue weighted by Crippen LogP contribution is -2.31. The lowest BCUT2D eigenvalue weighted by atomic mass is 10.2. The van der Waals surface area contributed by atoms with E-state index in [0.717, 1.165) is 11.9 Å². The summed E-state index contributed by atoms with van der Waals surface area (Å²) in [5, 5.41) is 0. The van der Waals surface area contributed by atoms with Crippen molar-refractivity contribution < 1.29 is 0 Å². The Labute approximate surface area is 81.1 Å². The fraction of sp³-hybridized carbons (Fsp3) is 1.00. The van der Waals surface area contributed by atoms with Crippen LogP contribution in [0.3, 0.4) is 0 Å². The number of hydrogen-bond acceptors (Lipinski definition) is 1. The van der Waals surface area contributed by atoms with E-state index < -0.39 is 0 Å². The number of halogens is 1. The van der Waals surface area contributed by atoms with Gasteiger partial charge in [-0.2, -0.15) is 0 Å². The van der Waals surface area contributed by atoms with Crippen LogP contribution in [-0.4, -0.2) is 29.9 Å². The molecule has 0 spiro atoms. The fourth-order valence-corrected chi connectivity index (χ4v) is 1.70. The highest BCUT2D eigenvalue weighted by Gasteiger charge is 2.28. The molecule has 1 aliphatic carbocycles. The van der Waals surface area contributed by atoms with Gasteiger partial charge in [0.15, 0.2) is 0 Å². The molecule has 1 saturated carbocycles. The highest BCUT2D eigenvalue weighted by atomic mass is 35.5.